The van der Waals surface area contributed by atoms with Crippen LogP contribution in [0.15, 0.2) is 4.60 Å². The van der Waals surface area contributed by atoms with Gasteiger partial charge in [0.05, 0.1) is 0 Å². The summed E-state index contributed by atoms with van der Waals surface area (Å²) in [5.41, 5.74) is 0.575. The Morgan fingerprint density at radius 1 is 1.69 bits per heavy atom. The van der Waals surface area contributed by atoms with Crippen molar-refractivity contribution in [1.82, 2.24) is 20.3 Å². The van der Waals surface area contributed by atoms with Gasteiger partial charge < -0.3 is 5.32 Å². The highest BCUT2D eigenvalue weighted by molar-refractivity contribution is 9.10. The van der Waals surface area contributed by atoms with Gasteiger partial charge in [0.25, 0.3) is 0 Å². The molecule has 0 saturated carbocycles. The van der Waals surface area contributed by atoms with E-state index in [4.69, 9.17) is 0 Å². The van der Waals surface area contributed by atoms with Gasteiger partial charge in [0, 0.05) is 13.5 Å². The van der Waals surface area contributed by atoms with E-state index in [0.717, 1.165) is 19.5 Å². The molecule has 1 fully saturated rings. The highest BCUT2D eigenvalue weighted by Gasteiger charge is 2.20. The van der Waals surface area contributed by atoms with E-state index in [1.54, 1.807) is 7.05 Å². The summed E-state index contributed by atoms with van der Waals surface area (Å²) in [6.45, 7) is 2.12. The van der Waals surface area contributed by atoms with Crippen molar-refractivity contribution in [3.63, 3.8) is 0 Å². The highest BCUT2D eigenvalue weighted by Crippen LogP contribution is 2.19. The topological polar surface area (TPSA) is 59.8 Å². The first-order chi connectivity index (χ1) is 7.68. The summed E-state index contributed by atoms with van der Waals surface area (Å²) in [7, 11) is 1.74. The fourth-order valence-corrected chi connectivity index (χ4v) is 2.59. The summed E-state index contributed by atoms with van der Waals surface area (Å²) in [6, 6.07) is 0. The standard InChI is InChI=1S/C10H15BrN4O/c1-15-9(10(11)13-14-15)8(16)3-2-7-4-5-12-6-7/h7,12H,2-6H2,1H3. The molecule has 5 nitrogen and oxygen atoms in total. The molecule has 2 rings (SSSR count). The molecule has 1 saturated heterocycles. The Morgan fingerprint density at radius 3 is 3.06 bits per heavy atom. The van der Waals surface area contributed by atoms with E-state index in [9.17, 15) is 4.79 Å². The van der Waals surface area contributed by atoms with E-state index in [0.29, 0.717) is 22.6 Å². The molecule has 1 aliphatic rings. The summed E-state index contributed by atoms with van der Waals surface area (Å²) in [5.74, 6) is 0.759. The van der Waals surface area contributed by atoms with Crippen molar-refractivity contribution < 1.29 is 4.79 Å². The summed E-state index contributed by atoms with van der Waals surface area (Å²) in [6.07, 6.45) is 2.70. The van der Waals surface area contributed by atoms with Crippen LogP contribution in [0.2, 0.25) is 0 Å². The van der Waals surface area contributed by atoms with E-state index in [2.05, 4.69) is 31.6 Å². The number of nitrogens with one attached hydrogen (secondary N) is 1. The van der Waals surface area contributed by atoms with Gasteiger partial charge >= 0.3 is 0 Å². The van der Waals surface area contributed by atoms with Gasteiger partial charge in [0.1, 0.15) is 5.69 Å². The number of carbonyl (C=O) groups is 1. The Balaban J connectivity index is 1.92. The minimum Gasteiger partial charge on any atom is -0.316 e. The molecule has 0 aliphatic carbocycles. The molecule has 1 atom stereocenters. The first kappa shape index (κ1) is 11.7. The van der Waals surface area contributed by atoms with Crippen LogP contribution in [0.1, 0.15) is 29.8 Å². The van der Waals surface area contributed by atoms with Crippen molar-refractivity contribution in [2.75, 3.05) is 13.1 Å². The third-order valence-corrected chi connectivity index (χ3v) is 3.53. The summed E-state index contributed by atoms with van der Waals surface area (Å²) >= 11 is 3.24. The molecule has 6 heteroatoms. The number of aryl methyl sites for hydroxylation is 1. The second-order valence-corrected chi connectivity index (χ2v) is 4.92. The summed E-state index contributed by atoms with van der Waals surface area (Å²) in [4.78, 5) is 12.0. The van der Waals surface area contributed by atoms with Gasteiger partial charge in [-0.15, -0.1) is 5.10 Å². The second-order valence-electron chi connectivity index (χ2n) is 4.17. The van der Waals surface area contributed by atoms with E-state index in [-0.39, 0.29) is 5.78 Å². The van der Waals surface area contributed by atoms with E-state index in [1.807, 2.05) is 0 Å². The predicted octanol–water partition coefficient (Wildman–Crippen LogP) is 1.15. The molecule has 0 radical (unpaired) electrons. The smallest absolute Gasteiger partial charge is 0.183 e. The molecule has 0 bridgehead atoms. The Labute approximate surface area is 103 Å². The Morgan fingerprint density at radius 2 is 2.50 bits per heavy atom. The van der Waals surface area contributed by atoms with Crippen LogP contribution in [0, 0.1) is 5.92 Å². The molecule has 0 spiro atoms. The number of aromatic nitrogens is 3. The van der Waals surface area contributed by atoms with Gasteiger partial charge in [-0.05, 0) is 47.8 Å². The molecule has 1 unspecified atom stereocenters. The number of rotatable bonds is 4. The zero-order valence-electron chi connectivity index (χ0n) is 9.24. The predicted molar refractivity (Wildman–Crippen MR) is 63.2 cm³/mol. The van der Waals surface area contributed by atoms with Gasteiger partial charge in [0.15, 0.2) is 10.4 Å². The molecule has 0 amide bonds. The van der Waals surface area contributed by atoms with Gasteiger partial charge in [-0.1, -0.05) is 5.21 Å². The molecule has 2 heterocycles. The minimum atomic E-state index is 0.117. The zero-order chi connectivity index (χ0) is 11.5. The van der Waals surface area contributed by atoms with Crippen molar-refractivity contribution in [1.29, 1.82) is 0 Å². The lowest BCUT2D eigenvalue weighted by Crippen LogP contribution is -2.12. The molecule has 1 aliphatic heterocycles. The Kier molecular flexibility index (Phi) is 3.70. The lowest BCUT2D eigenvalue weighted by molar-refractivity contribution is 0.0964. The van der Waals surface area contributed by atoms with Gasteiger partial charge in [-0.25, -0.2) is 4.68 Å². The number of Topliss-reactive ketones (excluding diaryl/α,β-unsaturated/α-hetero) is 1. The fourth-order valence-electron chi connectivity index (χ4n) is 2.04. The van der Waals surface area contributed by atoms with Crippen molar-refractivity contribution in [3.8, 4) is 0 Å². The number of hydrogen-bond acceptors (Lipinski definition) is 4. The van der Waals surface area contributed by atoms with Gasteiger partial charge in [0.2, 0.25) is 0 Å². The molecular formula is C10H15BrN4O. The number of hydrogen-bond donors (Lipinski definition) is 1. The van der Waals surface area contributed by atoms with Gasteiger partial charge in [-0.3, -0.25) is 4.79 Å². The highest BCUT2D eigenvalue weighted by atomic mass is 79.9. The largest absolute Gasteiger partial charge is 0.316 e. The average molecular weight is 287 g/mol. The third kappa shape index (κ3) is 2.49. The maximum absolute atomic E-state index is 12.0. The van der Waals surface area contributed by atoms with Crippen LogP contribution in [-0.4, -0.2) is 33.9 Å². The third-order valence-electron chi connectivity index (χ3n) is 2.99. The Bertz CT molecular complexity index is 365. The van der Waals surface area contributed by atoms with E-state index < -0.39 is 0 Å². The summed E-state index contributed by atoms with van der Waals surface area (Å²) < 4.78 is 2.07. The van der Waals surface area contributed by atoms with Crippen molar-refractivity contribution >= 4 is 21.7 Å². The minimum absolute atomic E-state index is 0.117. The van der Waals surface area contributed by atoms with Crippen LogP contribution in [0.4, 0.5) is 0 Å². The maximum Gasteiger partial charge on any atom is 0.183 e. The van der Waals surface area contributed by atoms with E-state index in [1.165, 1.54) is 11.1 Å². The molecule has 1 N–H and O–H groups in total. The monoisotopic (exact) mass is 286 g/mol. The first-order valence-electron chi connectivity index (χ1n) is 5.47. The number of nitrogens with zero attached hydrogens (tertiary/aromatic N) is 3. The molecule has 1 aromatic rings. The van der Waals surface area contributed by atoms with Gasteiger partial charge in [-0.2, -0.15) is 0 Å². The molecule has 88 valence electrons. The van der Waals surface area contributed by atoms with Crippen LogP contribution in [0.25, 0.3) is 0 Å². The lowest BCUT2D eigenvalue weighted by Gasteiger charge is -2.06. The zero-order valence-corrected chi connectivity index (χ0v) is 10.8. The number of carbonyl (C=O) groups excluding carboxylic acids is 1. The second kappa shape index (κ2) is 5.05. The number of halogens is 1. The molecule has 1 aromatic heterocycles. The van der Waals surface area contributed by atoms with Crippen LogP contribution in [0.3, 0.4) is 0 Å². The molecular weight excluding hydrogens is 272 g/mol. The number of ketones is 1. The average Bonchev–Trinajstić information content (AvgIpc) is 2.86. The maximum atomic E-state index is 12.0. The normalized spacial score (nSPS) is 20.2. The molecule has 16 heavy (non-hydrogen) atoms. The van der Waals surface area contributed by atoms with E-state index >= 15 is 0 Å². The quantitative estimate of drug-likeness (QED) is 0.844. The fraction of sp³-hybridized carbons (Fsp3) is 0.700. The lowest BCUT2D eigenvalue weighted by atomic mass is 10.00. The van der Waals surface area contributed by atoms with Crippen LogP contribution in [-0.2, 0) is 7.05 Å². The van der Waals surface area contributed by atoms with Crippen molar-refractivity contribution in [2.24, 2.45) is 13.0 Å². The van der Waals surface area contributed by atoms with Crippen LogP contribution < -0.4 is 5.32 Å². The van der Waals surface area contributed by atoms with Crippen LogP contribution >= 0.6 is 15.9 Å². The van der Waals surface area contributed by atoms with Crippen molar-refractivity contribution in [2.45, 2.75) is 19.3 Å². The van der Waals surface area contributed by atoms with Crippen molar-refractivity contribution in [3.05, 3.63) is 10.3 Å². The summed E-state index contributed by atoms with van der Waals surface area (Å²) in [5, 5.41) is 10.9. The molecule has 0 aromatic carbocycles. The first-order valence-corrected chi connectivity index (χ1v) is 6.27. The Hall–Kier alpha value is -0.750. The van der Waals surface area contributed by atoms with Crippen LogP contribution in [0.5, 0.6) is 0 Å². The SMILES string of the molecule is Cn1nnc(Br)c1C(=O)CCC1CCNC1.